The Bertz CT molecular complexity index is 750. The van der Waals surface area contributed by atoms with Gasteiger partial charge in [-0.05, 0) is 51.3 Å². The van der Waals surface area contributed by atoms with E-state index >= 15 is 0 Å². The Kier molecular flexibility index (Phi) is 9.19. The summed E-state index contributed by atoms with van der Waals surface area (Å²) in [5.41, 5.74) is 2.34. The maximum Gasteiger partial charge on any atom is 0.335 e. The van der Waals surface area contributed by atoms with E-state index in [1.807, 2.05) is 12.1 Å². The molecule has 5 nitrogen and oxygen atoms in total. The van der Waals surface area contributed by atoms with Gasteiger partial charge in [0, 0.05) is 13.1 Å². The van der Waals surface area contributed by atoms with Crippen LogP contribution in [-0.4, -0.2) is 24.8 Å². The van der Waals surface area contributed by atoms with E-state index in [0.717, 1.165) is 15.6 Å². The molecule has 2 aromatic rings. The Morgan fingerprint density at radius 1 is 1.23 bits per heavy atom. The first-order chi connectivity index (χ1) is 12.0. The van der Waals surface area contributed by atoms with Crippen LogP contribution in [0.2, 0.25) is 0 Å². The summed E-state index contributed by atoms with van der Waals surface area (Å²) in [6.07, 6.45) is 1.68. The molecule has 0 fully saturated rings. The Hall–Kier alpha value is -2.02. The summed E-state index contributed by atoms with van der Waals surface area (Å²) < 4.78 is 11.8. The van der Waals surface area contributed by atoms with Crippen LogP contribution < -0.4 is 27.2 Å². The zero-order valence-corrected chi connectivity index (χ0v) is 16.6. The molecule has 0 aromatic heterocycles. The summed E-state index contributed by atoms with van der Waals surface area (Å²) >= 11 is 3.50. The summed E-state index contributed by atoms with van der Waals surface area (Å²) in [5, 5.41) is 12.2. The number of halogens is 2. The molecule has 0 spiro atoms. The molecule has 0 aliphatic heterocycles. The van der Waals surface area contributed by atoms with Gasteiger partial charge in [0.1, 0.15) is 6.61 Å². The third-order valence-electron chi connectivity index (χ3n) is 3.49. The van der Waals surface area contributed by atoms with E-state index in [0.29, 0.717) is 31.2 Å². The molecule has 0 bridgehead atoms. The topological polar surface area (TPSA) is 67.8 Å². The molecular formula is C19H20BrClNO4-. The third kappa shape index (κ3) is 6.05. The number of rotatable bonds is 9. The fourth-order valence-corrected chi connectivity index (χ4v) is 2.88. The van der Waals surface area contributed by atoms with E-state index in [1.165, 1.54) is 0 Å². The van der Waals surface area contributed by atoms with Crippen LogP contribution >= 0.6 is 15.9 Å². The van der Waals surface area contributed by atoms with E-state index in [4.69, 9.17) is 14.6 Å². The highest BCUT2D eigenvalue weighted by atomic mass is 79.9. The molecule has 0 unspecified atom stereocenters. The molecule has 0 radical (unpaired) electrons. The molecule has 0 aliphatic carbocycles. The molecule has 7 heteroatoms. The van der Waals surface area contributed by atoms with Crippen molar-refractivity contribution in [1.82, 2.24) is 5.32 Å². The van der Waals surface area contributed by atoms with Gasteiger partial charge in [-0.25, -0.2) is 4.79 Å². The van der Waals surface area contributed by atoms with Crippen molar-refractivity contribution in [3.05, 3.63) is 70.2 Å². The predicted molar refractivity (Wildman–Crippen MR) is 100 cm³/mol. The minimum atomic E-state index is -0.921. The average Bonchev–Trinajstić information content (AvgIpc) is 2.61. The van der Waals surface area contributed by atoms with Crippen LogP contribution in [-0.2, 0) is 13.1 Å². The molecule has 2 rings (SSSR count). The van der Waals surface area contributed by atoms with Gasteiger partial charge in [0.05, 0.1) is 17.1 Å². The molecule has 0 atom stereocenters. The van der Waals surface area contributed by atoms with E-state index in [9.17, 15) is 4.79 Å². The lowest BCUT2D eigenvalue weighted by atomic mass is 10.1. The number of ether oxygens (including phenoxy) is 2. The number of hydrogen-bond acceptors (Lipinski definition) is 4. The summed E-state index contributed by atoms with van der Waals surface area (Å²) in [4.78, 5) is 10.8. The Morgan fingerprint density at radius 2 is 1.88 bits per heavy atom. The smallest absolute Gasteiger partial charge is 0.335 e. The van der Waals surface area contributed by atoms with Gasteiger partial charge in [-0.2, -0.15) is 0 Å². The second kappa shape index (κ2) is 10.9. The number of methoxy groups -OCH3 is 1. The number of nitrogens with one attached hydrogen (secondary N) is 1. The highest BCUT2D eigenvalue weighted by Crippen LogP contribution is 2.36. The fourth-order valence-electron chi connectivity index (χ4n) is 2.27. The van der Waals surface area contributed by atoms with Crippen molar-refractivity contribution in [2.24, 2.45) is 0 Å². The van der Waals surface area contributed by atoms with Gasteiger partial charge in [0.15, 0.2) is 11.5 Å². The zero-order valence-electron chi connectivity index (χ0n) is 14.3. The van der Waals surface area contributed by atoms with Crippen LogP contribution in [0, 0.1) is 0 Å². The van der Waals surface area contributed by atoms with Gasteiger partial charge in [0.25, 0.3) is 0 Å². The maximum absolute atomic E-state index is 10.8. The minimum Gasteiger partial charge on any atom is -1.00 e. The molecule has 140 valence electrons. The predicted octanol–water partition coefficient (Wildman–Crippen LogP) is 1.01. The van der Waals surface area contributed by atoms with Crippen molar-refractivity contribution >= 4 is 21.9 Å². The van der Waals surface area contributed by atoms with Crippen molar-refractivity contribution in [3.8, 4) is 11.5 Å². The average molecular weight is 442 g/mol. The van der Waals surface area contributed by atoms with Crippen LogP contribution in [0.5, 0.6) is 11.5 Å². The van der Waals surface area contributed by atoms with E-state index in [2.05, 4.69) is 27.8 Å². The lowest BCUT2D eigenvalue weighted by Crippen LogP contribution is -3.00. The van der Waals surface area contributed by atoms with Crippen LogP contribution in [0.1, 0.15) is 21.5 Å². The quantitative estimate of drug-likeness (QED) is 0.569. The second-order valence-corrected chi connectivity index (χ2v) is 6.17. The molecule has 0 heterocycles. The fraction of sp³-hybridized carbons (Fsp3) is 0.211. The van der Waals surface area contributed by atoms with Gasteiger partial charge in [-0.3, -0.25) is 0 Å². The van der Waals surface area contributed by atoms with Crippen LogP contribution in [0.15, 0.2) is 53.5 Å². The molecule has 0 aliphatic rings. The summed E-state index contributed by atoms with van der Waals surface area (Å²) in [6.45, 7) is 5.31. The molecule has 26 heavy (non-hydrogen) atoms. The number of hydrogen-bond donors (Lipinski definition) is 2. The van der Waals surface area contributed by atoms with Crippen molar-refractivity contribution in [3.63, 3.8) is 0 Å². The van der Waals surface area contributed by atoms with Crippen LogP contribution in [0.4, 0.5) is 0 Å². The summed E-state index contributed by atoms with van der Waals surface area (Å²) in [7, 11) is 1.60. The first-order valence-electron chi connectivity index (χ1n) is 7.68. The van der Waals surface area contributed by atoms with Crippen LogP contribution in [0.25, 0.3) is 0 Å². The van der Waals surface area contributed by atoms with Crippen molar-refractivity contribution < 1.29 is 31.8 Å². The van der Waals surface area contributed by atoms with Gasteiger partial charge in [0.2, 0.25) is 0 Å². The zero-order chi connectivity index (χ0) is 18.2. The maximum atomic E-state index is 10.8. The van der Waals surface area contributed by atoms with E-state index in [1.54, 1.807) is 37.5 Å². The van der Waals surface area contributed by atoms with Gasteiger partial charge in [-0.15, -0.1) is 0 Å². The first-order valence-corrected chi connectivity index (χ1v) is 8.47. The normalized spacial score (nSPS) is 9.92. The SMILES string of the molecule is C=CCOc1c(Br)cc(CNCc2ccc(C(=O)O)cc2)cc1OC.[Cl-]. The number of benzene rings is 2. The van der Waals surface area contributed by atoms with Crippen molar-refractivity contribution in [1.29, 1.82) is 0 Å². The molecule has 0 amide bonds. The number of aromatic carboxylic acids is 1. The Morgan fingerprint density at radius 3 is 2.46 bits per heavy atom. The van der Waals surface area contributed by atoms with Gasteiger partial charge >= 0.3 is 5.97 Å². The van der Waals surface area contributed by atoms with E-state index in [-0.39, 0.29) is 18.0 Å². The minimum absolute atomic E-state index is 0. The molecule has 2 N–H and O–H groups in total. The molecule has 0 saturated heterocycles. The van der Waals surface area contributed by atoms with Crippen molar-refractivity contribution in [2.45, 2.75) is 13.1 Å². The highest BCUT2D eigenvalue weighted by molar-refractivity contribution is 9.10. The summed E-state index contributed by atoms with van der Waals surface area (Å²) in [5.74, 6) is 0.379. The monoisotopic (exact) mass is 440 g/mol. The molecular weight excluding hydrogens is 422 g/mol. The Labute approximate surface area is 167 Å². The van der Waals surface area contributed by atoms with Gasteiger partial charge < -0.3 is 32.3 Å². The van der Waals surface area contributed by atoms with E-state index < -0.39 is 5.97 Å². The molecule has 2 aromatic carbocycles. The number of carbonyl (C=O) groups is 1. The van der Waals surface area contributed by atoms with Crippen LogP contribution in [0.3, 0.4) is 0 Å². The standard InChI is InChI=1S/C19H20BrNO4.ClH/c1-3-8-25-18-16(20)9-14(10-17(18)24-2)12-21-11-13-4-6-15(7-5-13)19(22)23;/h3-7,9-10,21H,1,8,11-12H2,2H3,(H,22,23);1H/p-1. The largest absolute Gasteiger partial charge is 1.00 e. The van der Waals surface area contributed by atoms with Gasteiger partial charge in [-0.1, -0.05) is 24.8 Å². The third-order valence-corrected chi connectivity index (χ3v) is 4.08. The highest BCUT2D eigenvalue weighted by Gasteiger charge is 2.11. The molecule has 0 saturated carbocycles. The number of carboxylic acid groups (broad SMARTS) is 1. The lowest BCUT2D eigenvalue weighted by Gasteiger charge is -2.14. The number of carboxylic acids is 1. The Balaban J connectivity index is 0.00000338. The lowest BCUT2D eigenvalue weighted by molar-refractivity contribution is -0.0000211. The summed E-state index contributed by atoms with van der Waals surface area (Å²) in [6, 6.07) is 10.7. The second-order valence-electron chi connectivity index (χ2n) is 5.31. The van der Waals surface area contributed by atoms with Crippen molar-refractivity contribution in [2.75, 3.05) is 13.7 Å². The first kappa shape index (κ1) is 22.0.